The number of fused-ring (bicyclic) bond motifs is 5. The lowest BCUT2D eigenvalue weighted by molar-refractivity contribution is -0.164. The molecule has 0 spiro atoms. The second kappa shape index (κ2) is 10.1. The van der Waals surface area contributed by atoms with Gasteiger partial charge in [-0.15, -0.1) is 0 Å². The van der Waals surface area contributed by atoms with Gasteiger partial charge in [0.25, 0.3) is 0 Å². The van der Waals surface area contributed by atoms with Crippen molar-refractivity contribution in [1.82, 2.24) is 5.32 Å². The van der Waals surface area contributed by atoms with Crippen molar-refractivity contribution in [2.24, 2.45) is 34.5 Å². The van der Waals surface area contributed by atoms with E-state index in [1.54, 1.807) is 0 Å². The molecular weight excluding hydrogens is 414 g/mol. The Balaban J connectivity index is 1.30. The minimum absolute atomic E-state index is 0.0211. The zero-order chi connectivity index (χ0) is 23.6. The molecule has 0 heterocycles. The van der Waals surface area contributed by atoms with E-state index in [1.807, 2.05) is 0 Å². The fraction of sp³-hybridized carbons (Fsp3) is 0.893. The van der Waals surface area contributed by atoms with Gasteiger partial charge in [0.1, 0.15) is 11.9 Å². The molecule has 5 heteroatoms. The summed E-state index contributed by atoms with van der Waals surface area (Å²) in [6.45, 7) is 7.68. The lowest BCUT2D eigenvalue weighted by atomic mass is 9.45. The number of ketones is 1. The molecule has 4 aliphatic carbocycles. The molecule has 7 atom stereocenters. The summed E-state index contributed by atoms with van der Waals surface area (Å²) < 4.78 is 6.07. The van der Waals surface area contributed by atoms with Gasteiger partial charge in [-0.2, -0.15) is 0 Å². The smallest absolute Gasteiger partial charge is 0.306 e. The van der Waals surface area contributed by atoms with Gasteiger partial charge in [-0.05, 0) is 86.9 Å². The molecule has 0 unspecified atom stereocenters. The van der Waals surface area contributed by atoms with Gasteiger partial charge in [0.2, 0.25) is 5.91 Å². The molecular formula is C28H45NO4. The first-order valence-electron chi connectivity index (χ1n) is 13.8. The van der Waals surface area contributed by atoms with E-state index in [9.17, 15) is 14.4 Å². The Hall–Kier alpha value is -1.39. The molecule has 186 valence electrons. The number of Topliss-reactive ketones (excluding diaryl/α,β-unsaturated/α-hetero) is 1. The molecule has 1 amide bonds. The van der Waals surface area contributed by atoms with Crippen LogP contribution >= 0.6 is 0 Å². The first-order chi connectivity index (χ1) is 15.8. The number of unbranched alkanes of at least 4 members (excludes halogenated alkanes) is 1. The van der Waals surface area contributed by atoms with Crippen LogP contribution in [-0.4, -0.2) is 30.3 Å². The van der Waals surface area contributed by atoms with Crippen LogP contribution in [0.15, 0.2) is 0 Å². The van der Waals surface area contributed by atoms with Crippen LogP contribution in [0.25, 0.3) is 0 Å². The van der Waals surface area contributed by atoms with Crippen LogP contribution < -0.4 is 5.32 Å². The Morgan fingerprint density at radius 2 is 1.76 bits per heavy atom. The summed E-state index contributed by atoms with van der Waals surface area (Å²) in [5.74, 6) is 3.04. The maximum atomic E-state index is 12.6. The summed E-state index contributed by atoms with van der Waals surface area (Å²) in [6.07, 6.45) is 12.9. The number of hydrogen-bond donors (Lipinski definition) is 1. The highest BCUT2D eigenvalue weighted by atomic mass is 16.5. The van der Waals surface area contributed by atoms with E-state index in [1.165, 1.54) is 19.3 Å². The van der Waals surface area contributed by atoms with Gasteiger partial charge in [0.15, 0.2) is 0 Å². The van der Waals surface area contributed by atoms with Crippen LogP contribution in [0.4, 0.5) is 0 Å². The van der Waals surface area contributed by atoms with E-state index < -0.39 is 0 Å². The first-order valence-corrected chi connectivity index (χ1v) is 13.8. The number of nitrogens with one attached hydrogen (secondary N) is 1. The maximum Gasteiger partial charge on any atom is 0.306 e. The van der Waals surface area contributed by atoms with Crippen LogP contribution in [0, 0.1) is 34.5 Å². The largest absolute Gasteiger partial charge is 0.462 e. The lowest BCUT2D eigenvalue weighted by Crippen LogP contribution is -2.54. The molecule has 4 fully saturated rings. The van der Waals surface area contributed by atoms with Gasteiger partial charge >= 0.3 is 5.97 Å². The fourth-order valence-electron chi connectivity index (χ4n) is 8.29. The highest BCUT2D eigenvalue weighted by Crippen LogP contribution is 2.66. The van der Waals surface area contributed by atoms with Gasteiger partial charge in [0.05, 0.1) is 0 Å². The second-order valence-electron chi connectivity index (χ2n) is 12.1. The molecule has 0 saturated heterocycles. The van der Waals surface area contributed by atoms with E-state index in [2.05, 4.69) is 26.1 Å². The van der Waals surface area contributed by atoms with Crippen molar-refractivity contribution in [1.29, 1.82) is 0 Å². The van der Waals surface area contributed by atoms with Crippen molar-refractivity contribution in [3.05, 3.63) is 0 Å². The van der Waals surface area contributed by atoms with E-state index in [4.69, 9.17) is 4.74 Å². The summed E-state index contributed by atoms with van der Waals surface area (Å²) in [7, 11) is 0. The molecule has 0 bridgehead atoms. The summed E-state index contributed by atoms with van der Waals surface area (Å²) in [4.78, 5) is 36.6. The third-order valence-corrected chi connectivity index (χ3v) is 10.3. The van der Waals surface area contributed by atoms with Crippen molar-refractivity contribution < 1.29 is 19.1 Å². The quantitative estimate of drug-likeness (QED) is 0.379. The molecule has 0 aliphatic heterocycles. The van der Waals surface area contributed by atoms with Crippen molar-refractivity contribution >= 4 is 17.7 Å². The van der Waals surface area contributed by atoms with E-state index >= 15 is 0 Å². The minimum Gasteiger partial charge on any atom is -0.462 e. The Labute approximate surface area is 200 Å². The van der Waals surface area contributed by atoms with Crippen LogP contribution in [0.5, 0.6) is 0 Å². The summed E-state index contributed by atoms with van der Waals surface area (Å²) >= 11 is 0. The molecule has 4 aliphatic rings. The molecule has 4 saturated carbocycles. The molecule has 5 nitrogen and oxygen atoms in total. The summed E-state index contributed by atoms with van der Waals surface area (Å²) in [5, 5.41) is 2.92. The normalized spacial score (nSPS) is 39.8. The lowest BCUT2D eigenvalue weighted by Gasteiger charge is -2.60. The number of carbonyl (C=O) groups excluding carboxylic acids is 3. The molecule has 33 heavy (non-hydrogen) atoms. The number of hydrogen-bond acceptors (Lipinski definition) is 4. The molecule has 0 aromatic rings. The predicted molar refractivity (Wildman–Crippen MR) is 128 cm³/mol. The fourth-order valence-corrected chi connectivity index (χ4v) is 8.29. The average Bonchev–Trinajstić information content (AvgIpc) is 3.10. The SMILES string of the molecule is CCCCNC(=O)CCCC(=O)O[C@H]1CC[C@H]2[C@@H]3CC[C@H]4CC(=O)CC[C@]4(C)[C@H]3CC[C@]12C. The second-order valence-corrected chi connectivity index (χ2v) is 12.1. The molecule has 4 rings (SSSR count). The van der Waals surface area contributed by atoms with Crippen LogP contribution in [0.2, 0.25) is 0 Å². The van der Waals surface area contributed by atoms with Crippen LogP contribution in [-0.2, 0) is 19.1 Å². The monoisotopic (exact) mass is 459 g/mol. The maximum absolute atomic E-state index is 12.6. The number of rotatable bonds is 8. The highest BCUT2D eigenvalue weighted by Gasteiger charge is 2.61. The number of carbonyl (C=O) groups is 3. The Morgan fingerprint density at radius 3 is 2.55 bits per heavy atom. The highest BCUT2D eigenvalue weighted by molar-refractivity contribution is 5.79. The van der Waals surface area contributed by atoms with Crippen molar-refractivity contribution in [2.45, 2.75) is 117 Å². The van der Waals surface area contributed by atoms with E-state index in [0.29, 0.717) is 48.2 Å². The van der Waals surface area contributed by atoms with E-state index in [-0.39, 0.29) is 23.4 Å². The standard InChI is InChI=1S/C28H45NO4/c1-4-5-17-29-25(31)7-6-8-26(32)33-24-12-11-22-21-10-9-19-18-20(30)13-15-27(19,2)23(21)14-16-28(22,24)3/h19,21-24H,4-18H2,1-3H3,(H,29,31)/t19-,21-,22-,23-,24-,27-,28-/m0/s1. The third kappa shape index (κ3) is 4.89. The Kier molecular flexibility index (Phi) is 7.55. The Bertz CT molecular complexity index is 750. The van der Waals surface area contributed by atoms with Crippen molar-refractivity contribution in [3.8, 4) is 0 Å². The first kappa shape index (κ1) is 24.7. The van der Waals surface area contributed by atoms with Gasteiger partial charge in [-0.3, -0.25) is 14.4 Å². The van der Waals surface area contributed by atoms with Gasteiger partial charge in [-0.25, -0.2) is 0 Å². The van der Waals surface area contributed by atoms with E-state index in [0.717, 1.165) is 63.8 Å². The zero-order valence-corrected chi connectivity index (χ0v) is 21.1. The summed E-state index contributed by atoms with van der Waals surface area (Å²) in [6, 6.07) is 0. The molecule has 0 aromatic carbocycles. The van der Waals surface area contributed by atoms with Crippen molar-refractivity contribution in [2.75, 3.05) is 6.54 Å². The Morgan fingerprint density at radius 1 is 0.970 bits per heavy atom. The number of ether oxygens (including phenoxy) is 1. The summed E-state index contributed by atoms with van der Waals surface area (Å²) in [5.41, 5.74) is 0.409. The van der Waals surface area contributed by atoms with Gasteiger partial charge in [0, 0.05) is 37.6 Å². The topological polar surface area (TPSA) is 72.5 Å². The van der Waals surface area contributed by atoms with Gasteiger partial charge < -0.3 is 10.1 Å². The number of amides is 1. The average molecular weight is 460 g/mol. The number of esters is 1. The minimum atomic E-state index is -0.133. The molecule has 0 radical (unpaired) electrons. The van der Waals surface area contributed by atoms with Crippen molar-refractivity contribution in [3.63, 3.8) is 0 Å². The zero-order valence-electron chi connectivity index (χ0n) is 21.1. The third-order valence-electron chi connectivity index (χ3n) is 10.3. The van der Waals surface area contributed by atoms with Crippen LogP contribution in [0.1, 0.15) is 111 Å². The van der Waals surface area contributed by atoms with Crippen LogP contribution in [0.3, 0.4) is 0 Å². The molecule has 0 aromatic heterocycles. The predicted octanol–water partition coefficient (Wildman–Crippen LogP) is 5.60. The molecule has 1 N–H and O–H groups in total. The van der Waals surface area contributed by atoms with Gasteiger partial charge in [-0.1, -0.05) is 27.2 Å².